The molecular formula is C9H11N3O3. The second kappa shape index (κ2) is 5.06. The molecule has 1 heterocycles. The average Bonchev–Trinajstić information content (AvgIpc) is 2.17. The molecule has 6 heteroatoms. The molecule has 0 spiro atoms. The summed E-state index contributed by atoms with van der Waals surface area (Å²) in [5.41, 5.74) is 5.76. The normalized spacial score (nSPS) is 10.7. The van der Waals surface area contributed by atoms with Crippen LogP contribution in [0.2, 0.25) is 0 Å². The van der Waals surface area contributed by atoms with Crippen LogP contribution >= 0.6 is 0 Å². The predicted octanol–water partition coefficient (Wildman–Crippen LogP) is 1.23. The van der Waals surface area contributed by atoms with E-state index in [4.69, 9.17) is 10.5 Å². The number of aromatic nitrogens is 1. The summed E-state index contributed by atoms with van der Waals surface area (Å²) >= 11 is 0. The van der Waals surface area contributed by atoms with Crippen LogP contribution in [-0.4, -0.2) is 23.6 Å². The van der Waals surface area contributed by atoms with E-state index in [9.17, 15) is 10.1 Å². The van der Waals surface area contributed by atoms with Gasteiger partial charge in [0.1, 0.15) is 5.69 Å². The van der Waals surface area contributed by atoms with Gasteiger partial charge < -0.3 is 10.5 Å². The molecule has 2 N–H and O–H groups in total. The van der Waals surface area contributed by atoms with Gasteiger partial charge in [-0.05, 0) is 6.08 Å². The third-order valence-electron chi connectivity index (χ3n) is 1.72. The Balaban J connectivity index is 3.06. The molecule has 1 rings (SSSR count). The number of pyridine rings is 1. The lowest BCUT2D eigenvalue weighted by atomic mass is 10.2. The van der Waals surface area contributed by atoms with Crippen molar-refractivity contribution < 1.29 is 9.66 Å². The third-order valence-corrected chi connectivity index (χ3v) is 1.72. The number of nitrogens with two attached hydrogens (primary N) is 1. The first-order valence-corrected chi connectivity index (χ1v) is 4.20. The Bertz CT molecular complexity index is 390. The zero-order valence-electron chi connectivity index (χ0n) is 8.21. The maximum absolute atomic E-state index is 10.7. The van der Waals surface area contributed by atoms with Crippen LogP contribution in [0.1, 0.15) is 5.56 Å². The second-order valence-corrected chi connectivity index (χ2v) is 2.78. The zero-order chi connectivity index (χ0) is 11.3. The minimum atomic E-state index is -0.524. The highest BCUT2D eigenvalue weighted by atomic mass is 16.6. The summed E-state index contributed by atoms with van der Waals surface area (Å²) in [5.74, 6) is 0. The monoisotopic (exact) mass is 209 g/mol. The van der Waals surface area contributed by atoms with Gasteiger partial charge in [0.15, 0.2) is 0 Å². The van der Waals surface area contributed by atoms with Crippen LogP contribution in [0.4, 0.5) is 11.4 Å². The zero-order valence-corrected chi connectivity index (χ0v) is 8.21. The molecule has 0 saturated heterocycles. The molecule has 0 aliphatic rings. The van der Waals surface area contributed by atoms with E-state index < -0.39 is 4.92 Å². The highest BCUT2D eigenvalue weighted by molar-refractivity contribution is 5.70. The summed E-state index contributed by atoms with van der Waals surface area (Å²) in [6.07, 6.45) is 5.86. The molecule has 1 aromatic heterocycles. The van der Waals surface area contributed by atoms with E-state index in [-0.39, 0.29) is 11.4 Å². The molecule has 80 valence electrons. The van der Waals surface area contributed by atoms with Crippen molar-refractivity contribution in [3.63, 3.8) is 0 Å². The van der Waals surface area contributed by atoms with Crippen molar-refractivity contribution >= 4 is 17.5 Å². The summed E-state index contributed by atoms with van der Waals surface area (Å²) in [6.45, 7) is 0.381. The molecule has 1 aromatic rings. The summed E-state index contributed by atoms with van der Waals surface area (Å²) in [6, 6.07) is 0. The number of ether oxygens (including phenoxy) is 1. The van der Waals surface area contributed by atoms with Gasteiger partial charge in [-0.15, -0.1) is 0 Å². The summed E-state index contributed by atoms with van der Waals surface area (Å²) < 4.78 is 4.79. The van der Waals surface area contributed by atoms with Crippen LogP contribution in [0.3, 0.4) is 0 Å². The molecule has 0 amide bonds. The highest BCUT2D eigenvalue weighted by Crippen LogP contribution is 2.25. The molecule has 0 unspecified atom stereocenters. The molecule has 6 nitrogen and oxygen atoms in total. The maximum atomic E-state index is 10.7. The lowest BCUT2D eigenvalue weighted by Crippen LogP contribution is -1.99. The molecule has 0 aliphatic carbocycles. The molecule has 0 radical (unpaired) electrons. The van der Waals surface area contributed by atoms with E-state index in [1.807, 2.05) is 0 Å². The number of nitrogen functional groups attached to an aromatic ring is 1. The Morgan fingerprint density at radius 1 is 1.67 bits per heavy atom. The Morgan fingerprint density at radius 3 is 3.00 bits per heavy atom. The number of nitro groups is 1. The number of anilines is 1. The van der Waals surface area contributed by atoms with Crippen molar-refractivity contribution in [3.05, 3.63) is 34.1 Å². The first kappa shape index (κ1) is 11.1. The molecule has 15 heavy (non-hydrogen) atoms. The van der Waals surface area contributed by atoms with Gasteiger partial charge in [0.2, 0.25) is 0 Å². The SMILES string of the molecule is COCC=Cc1cncc(N)c1[N+](=O)[O-]. The summed E-state index contributed by atoms with van der Waals surface area (Å²) in [4.78, 5) is 14.0. The van der Waals surface area contributed by atoms with Crippen LogP contribution in [-0.2, 0) is 4.74 Å². The van der Waals surface area contributed by atoms with Crippen molar-refractivity contribution in [1.29, 1.82) is 0 Å². The quantitative estimate of drug-likeness (QED) is 0.594. The van der Waals surface area contributed by atoms with E-state index in [0.717, 1.165) is 0 Å². The lowest BCUT2D eigenvalue weighted by Gasteiger charge is -1.99. The van der Waals surface area contributed by atoms with Gasteiger partial charge in [-0.1, -0.05) is 6.08 Å². The van der Waals surface area contributed by atoms with Crippen LogP contribution in [0.15, 0.2) is 18.5 Å². The van der Waals surface area contributed by atoms with Gasteiger partial charge >= 0.3 is 5.69 Å². The van der Waals surface area contributed by atoms with Crippen molar-refractivity contribution in [2.75, 3.05) is 19.5 Å². The number of nitrogens with zero attached hydrogens (tertiary/aromatic N) is 2. The van der Waals surface area contributed by atoms with Gasteiger partial charge in [0.25, 0.3) is 0 Å². The highest BCUT2D eigenvalue weighted by Gasteiger charge is 2.15. The topological polar surface area (TPSA) is 91.3 Å². The Kier molecular flexibility index (Phi) is 3.75. The van der Waals surface area contributed by atoms with Gasteiger partial charge in [-0.25, -0.2) is 0 Å². The number of hydrogen-bond donors (Lipinski definition) is 1. The van der Waals surface area contributed by atoms with E-state index >= 15 is 0 Å². The van der Waals surface area contributed by atoms with Crippen LogP contribution < -0.4 is 5.73 Å². The van der Waals surface area contributed by atoms with E-state index in [1.165, 1.54) is 19.5 Å². The number of methoxy groups -OCH3 is 1. The molecule has 0 aliphatic heterocycles. The Hall–Kier alpha value is -1.95. The van der Waals surface area contributed by atoms with Gasteiger partial charge in [0.05, 0.1) is 23.3 Å². The first-order valence-electron chi connectivity index (χ1n) is 4.20. The fraction of sp³-hybridized carbons (Fsp3) is 0.222. The maximum Gasteiger partial charge on any atom is 0.302 e. The predicted molar refractivity (Wildman–Crippen MR) is 56.2 cm³/mol. The first-order chi connectivity index (χ1) is 7.16. The van der Waals surface area contributed by atoms with Crippen LogP contribution in [0.5, 0.6) is 0 Å². The third kappa shape index (κ3) is 2.75. The minimum absolute atomic E-state index is 0.0552. The average molecular weight is 209 g/mol. The Morgan fingerprint density at radius 2 is 2.40 bits per heavy atom. The van der Waals surface area contributed by atoms with E-state index in [1.54, 1.807) is 12.2 Å². The van der Waals surface area contributed by atoms with Gasteiger partial charge in [0, 0.05) is 13.3 Å². The minimum Gasteiger partial charge on any atom is -0.392 e. The number of rotatable bonds is 4. The molecule has 0 fully saturated rings. The molecule has 0 atom stereocenters. The second-order valence-electron chi connectivity index (χ2n) is 2.78. The largest absolute Gasteiger partial charge is 0.392 e. The van der Waals surface area contributed by atoms with Crippen molar-refractivity contribution in [1.82, 2.24) is 4.98 Å². The van der Waals surface area contributed by atoms with E-state index in [2.05, 4.69) is 4.98 Å². The van der Waals surface area contributed by atoms with Gasteiger partial charge in [-0.2, -0.15) is 0 Å². The Labute approximate surface area is 86.5 Å². The van der Waals surface area contributed by atoms with Crippen LogP contribution in [0.25, 0.3) is 6.08 Å². The summed E-state index contributed by atoms with van der Waals surface area (Å²) in [7, 11) is 1.54. The fourth-order valence-corrected chi connectivity index (χ4v) is 1.09. The molecule has 0 saturated carbocycles. The lowest BCUT2D eigenvalue weighted by molar-refractivity contribution is -0.384. The smallest absolute Gasteiger partial charge is 0.302 e. The standard InChI is InChI=1S/C9H11N3O3/c1-15-4-2-3-7-5-11-6-8(10)9(7)12(13)14/h2-3,5-6H,4,10H2,1H3. The van der Waals surface area contributed by atoms with E-state index in [0.29, 0.717) is 12.2 Å². The molecule has 0 aromatic carbocycles. The van der Waals surface area contributed by atoms with Crippen molar-refractivity contribution in [2.24, 2.45) is 0 Å². The summed E-state index contributed by atoms with van der Waals surface area (Å²) in [5, 5.41) is 10.7. The van der Waals surface area contributed by atoms with Crippen molar-refractivity contribution in [3.8, 4) is 0 Å². The van der Waals surface area contributed by atoms with Crippen molar-refractivity contribution in [2.45, 2.75) is 0 Å². The fourth-order valence-electron chi connectivity index (χ4n) is 1.09. The van der Waals surface area contributed by atoms with Gasteiger partial charge in [-0.3, -0.25) is 15.1 Å². The number of hydrogen-bond acceptors (Lipinski definition) is 5. The molecular weight excluding hydrogens is 198 g/mol. The molecule has 0 bridgehead atoms. The van der Waals surface area contributed by atoms with Crippen LogP contribution in [0, 0.1) is 10.1 Å².